The zero-order chi connectivity index (χ0) is 20.1. The second kappa shape index (κ2) is 9.44. The Morgan fingerprint density at radius 2 is 1.68 bits per heavy atom. The lowest BCUT2D eigenvalue weighted by atomic mass is 9.95. The highest BCUT2D eigenvalue weighted by atomic mass is 16.2. The van der Waals surface area contributed by atoms with E-state index in [-0.39, 0.29) is 11.8 Å². The molecule has 2 amide bonds. The predicted octanol–water partition coefficient (Wildman–Crippen LogP) is 4.26. The van der Waals surface area contributed by atoms with Crippen LogP contribution in [0.1, 0.15) is 81.1 Å². The maximum absolute atomic E-state index is 12.7. The largest absolute Gasteiger partial charge is 0.376 e. The Balaban J connectivity index is 1.56. The second-order valence-electron chi connectivity index (χ2n) is 8.62. The minimum atomic E-state index is 0.00796. The Kier molecular flexibility index (Phi) is 6.97. The van der Waals surface area contributed by atoms with E-state index in [1.54, 1.807) is 0 Å². The summed E-state index contributed by atoms with van der Waals surface area (Å²) < 4.78 is 0. The van der Waals surface area contributed by atoms with E-state index < -0.39 is 0 Å². The molecule has 1 saturated heterocycles. The summed E-state index contributed by atoms with van der Waals surface area (Å²) in [5.41, 5.74) is 2.60. The Morgan fingerprint density at radius 3 is 2.32 bits per heavy atom. The Hall–Kier alpha value is -2.04. The molecule has 2 aliphatic rings. The zero-order valence-electron chi connectivity index (χ0n) is 17.6. The Bertz CT molecular complexity index is 687. The highest BCUT2D eigenvalue weighted by Gasteiger charge is 2.28. The van der Waals surface area contributed by atoms with Crippen molar-refractivity contribution in [1.29, 1.82) is 0 Å². The van der Waals surface area contributed by atoms with Gasteiger partial charge in [-0.2, -0.15) is 0 Å². The van der Waals surface area contributed by atoms with E-state index in [1.165, 1.54) is 25.7 Å². The molecule has 5 heteroatoms. The molecule has 5 nitrogen and oxygen atoms in total. The molecule has 0 aromatic heterocycles. The summed E-state index contributed by atoms with van der Waals surface area (Å²) in [5.74, 6) is 0.159. The molecule has 1 heterocycles. The number of aryl methyl sites for hydroxylation is 1. The molecular formula is C23H35N3O2. The first-order valence-electron chi connectivity index (χ1n) is 10.9. The minimum absolute atomic E-state index is 0.00796. The number of carbonyl (C=O) groups excluding carboxylic acids is 2. The van der Waals surface area contributed by atoms with Crippen molar-refractivity contribution in [3.8, 4) is 0 Å². The van der Waals surface area contributed by atoms with Gasteiger partial charge in [-0.15, -0.1) is 0 Å². The Labute approximate surface area is 169 Å². The topological polar surface area (TPSA) is 61.4 Å². The minimum Gasteiger partial charge on any atom is -0.376 e. The van der Waals surface area contributed by atoms with E-state index in [1.807, 2.05) is 30.0 Å². The summed E-state index contributed by atoms with van der Waals surface area (Å²) in [7, 11) is 0. The number of likely N-dealkylation sites (tertiary alicyclic amines) is 1. The summed E-state index contributed by atoms with van der Waals surface area (Å²) in [5, 5.41) is 6.44. The molecule has 28 heavy (non-hydrogen) atoms. The van der Waals surface area contributed by atoms with Crippen molar-refractivity contribution in [1.82, 2.24) is 10.2 Å². The lowest BCUT2D eigenvalue weighted by molar-refractivity contribution is -0.135. The van der Waals surface area contributed by atoms with Crippen molar-refractivity contribution in [3.63, 3.8) is 0 Å². The van der Waals surface area contributed by atoms with Crippen molar-refractivity contribution in [2.24, 2.45) is 0 Å². The zero-order valence-corrected chi connectivity index (χ0v) is 17.6. The van der Waals surface area contributed by atoms with Crippen LogP contribution in [0.25, 0.3) is 0 Å². The fraction of sp³-hybridized carbons (Fsp3) is 0.652. The summed E-state index contributed by atoms with van der Waals surface area (Å²) >= 11 is 0. The van der Waals surface area contributed by atoms with Crippen LogP contribution in [0.5, 0.6) is 0 Å². The monoisotopic (exact) mass is 385 g/mol. The quantitative estimate of drug-likeness (QED) is 0.796. The van der Waals surface area contributed by atoms with Gasteiger partial charge < -0.3 is 15.5 Å². The van der Waals surface area contributed by atoms with E-state index in [2.05, 4.69) is 24.5 Å². The van der Waals surface area contributed by atoms with Crippen LogP contribution >= 0.6 is 0 Å². The summed E-state index contributed by atoms with van der Waals surface area (Å²) in [6.45, 7) is 6.55. The lowest BCUT2D eigenvalue weighted by Gasteiger charge is -2.39. The van der Waals surface area contributed by atoms with Gasteiger partial charge in [-0.05, 0) is 76.6 Å². The van der Waals surface area contributed by atoms with Gasteiger partial charge in [0.05, 0.1) is 6.54 Å². The molecule has 2 atom stereocenters. The van der Waals surface area contributed by atoms with Crippen molar-refractivity contribution in [2.75, 3.05) is 11.9 Å². The fourth-order valence-corrected chi connectivity index (χ4v) is 4.69. The molecule has 2 N–H and O–H groups in total. The molecule has 1 saturated carbocycles. The molecule has 2 fully saturated rings. The molecular weight excluding hydrogens is 350 g/mol. The van der Waals surface area contributed by atoms with Crippen LogP contribution in [0, 0.1) is 6.92 Å². The van der Waals surface area contributed by atoms with Crippen LogP contribution in [-0.4, -0.2) is 41.4 Å². The van der Waals surface area contributed by atoms with Gasteiger partial charge in [0.15, 0.2) is 0 Å². The fourth-order valence-electron chi connectivity index (χ4n) is 4.69. The standard InChI is InChI=1S/C23H35N3O2/c1-16-14-19(23(28)25-20-10-5-4-6-11-20)12-13-21(16)24-15-22(27)26-17(2)8-7-9-18(26)3/h12-14,17-18,20,24H,4-11,15H2,1-3H3,(H,25,28). The average molecular weight is 386 g/mol. The van der Waals surface area contributed by atoms with Gasteiger partial charge in [0, 0.05) is 29.4 Å². The number of benzene rings is 1. The molecule has 154 valence electrons. The number of hydrogen-bond donors (Lipinski definition) is 2. The molecule has 1 aliphatic carbocycles. The highest BCUT2D eigenvalue weighted by molar-refractivity contribution is 5.95. The van der Waals surface area contributed by atoms with Gasteiger partial charge in [0.1, 0.15) is 0 Å². The number of hydrogen-bond acceptors (Lipinski definition) is 3. The van der Waals surface area contributed by atoms with E-state index in [0.717, 1.165) is 36.9 Å². The first-order chi connectivity index (χ1) is 13.5. The number of nitrogens with one attached hydrogen (secondary N) is 2. The third-order valence-corrected chi connectivity index (χ3v) is 6.34. The van der Waals surface area contributed by atoms with E-state index in [0.29, 0.717) is 30.2 Å². The average Bonchev–Trinajstić information content (AvgIpc) is 2.67. The van der Waals surface area contributed by atoms with Crippen LogP contribution in [0.15, 0.2) is 18.2 Å². The number of piperidine rings is 1. The lowest BCUT2D eigenvalue weighted by Crippen LogP contribution is -2.49. The molecule has 1 aromatic carbocycles. The molecule has 0 bridgehead atoms. The van der Waals surface area contributed by atoms with Gasteiger partial charge in [0.2, 0.25) is 5.91 Å². The molecule has 1 aromatic rings. The number of anilines is 1. The van der Waals surface area contributed by atoms with Crippen molar-refractivity contribution >= 4 is 17.5 Å². The van der Waals surface area contributed by atoms with E-state index >= 15 is 0 Å². The molecule has 0 spiro atoms. The van der Waals surface area contributed by atoms with Crippen LogP contribution in [0.2, 0.25) is 0 Å². The van der Waals surface area contributed by atoms with Crippen molar-refractivity contribution in [2.45, 2.75) is 90.3 Å². The van der Waals surface area contributed by atoms with Gasteiger partial charge in [0.25, 0.3) is 5.91 Å². The Morgan fingerprint density at radius 1 is 1.00 bits per heavy atom. The van der Waals surface area contributed by atoms with Gasteiger partial charge in [-0.25, -0.2) is 0 Å². The van der Waals surface area contributed by atoms with Crippen LogP contribution in [-0.2, 0) is 4.79 Å². The van der Waals surface area contributed by atoms with Crippen molar-refractivity contribution < 1.29 is 9.59 Å². The van der Waals surface area contributed by atoms with E-state index in [9.17, 15) is 9.59 Å². The first-order valence-corrected chi connectivity index (χ1v) is 10.9. The summed E-state index contributed by atoms with van der Waals surface area (Å²) in [6.07, 6.45) is 9.21. The normalized spacial score (nSPS) is 23.3. The number of carbonyl (C=O) groups is 2. The van der Waals surface area contributed by atoms with E-state index in [4.69, 9.17) is 0 Å². The van der Waals surface area contributed by atoms with Crippen LogP contribution in [0.3, 0.4) is 0 Å². The summed E-state index contributed by atoms with van der Waals surface area (Å²) in [6, 6.07) is 6.61. The second-order valence-corrected chi connectivity index (χ2v) is 8.62. The number of rotatable bonds is 5. The molecule has 1 aliphatic heterocycles. The number of nitrogens with zero attached hydrogens (tertiary/aromatic N) is 1. The third-order valence-electron chi connectivity index (χ3n) is 6.34. The highest BCUT2D eigenvalue weighted by Crippen LogP contribution is 2.23. The van der Waals surface area contributed by atoms with Gasteiger partial charge in [-0.1, -0.05) is 19.3 Å². The van der Waals surface area contributed by atoms with Crippen molar-refractivity contribution in [3.05, 3.63) is 29.3 Å². The molecule has 0 radical (unpaired) electrons. The maximum Gasteiger partial charge on any atom is 0.251 e. The predicted molar refractivity (Wildman–Crippen MR) is 114 cm³/mol. The molecule has 3 rings (SSSR count). The van der Waals surface area contributed by atoms with Crippen LogP contribution < -0.4 is 10.6 Å². The smallest absolute Gasteiger partial charge is 0.251 e. The maximum atomic E-state index is 12.7. The summed E-state index contributed by atoms with van der Waals surface area (Å²) in [4.78, 5) is 27.3. The number of amides is 2. The third kappa shape index (κ3) is 5.06. The SMILES string of the molecule is Cc1cc(C(=O)NC2CCCCC2)ccc1NCC(=O)N1C(C)CCCC1C. The van der Waals surface area contributed by atoms with Crippen LogP contribution in [0.4, 0.5) is 5.69 Å². The van der Waals surface area contributed by atoms with Gasteiger partial charge >= 0.3 is 0 Å². The molecule has 2 unspecified atom stereocenters. The first kappa shape index (κ1) is 20.7. The van der Waals surface area contributed by atoms with Gasteiger partial charge in [-0.3, -0.25) is 9.59 Å².